The van der Waals surface area contributed by atoms with Gasteiger partial charge in [0.05, 0.1) is 10.4 Å². The smallest absolute Gasteiger partial charge is 0.241 e. The molecule has 7 heteroatoms. The molecule has 2 aromatic carbocycles. The Labute approximate surface area is 126 Å². The topological polar surface area (TPSA) is 85.1 Å². The van der Waals surface area contributed by atoms with E-state index in [0.29, 0.717) is 11.1 Å². The third kappa shape index (κ3) is 2.90. The van der Waals surface area contributed by atoms with Gasteiger partial charge in [-0.3, -0.25) is 4.98 Å². The summed E-state index contributed by atoms with van der Waals surface area (Å²) in [6, 6.07) is 10.3. The second-order valence-electron chi connectivity index (χ2n) is 4.53. The van der Waals surface area contributed by atoms with Crippen LogP contribution in [0.25, 0.3) is 10.8 Å². The van der Waals surface area contributed by atoms with Gasteiger partial charge in [0.15, 0.2) is 0 Å². The zero-order valence-electron chi connectivity index (χ0n) is 11.0. The zero-order valence-corrected chi connectivity index (χ0v) is 12.6. The van der Waals surface area contributed by atoms with Gasteiger partial charge in [-0.2, -0.15) is 0 Å². The molecule has 0 aliphatic rings. The summed E-state index contributed by atoms with van der Waals surface area (Å²) in [4.78, 5) is 5.04. The molecule has 0 atom stereocenters. The van der Waals surface area contributed by atoms with Crippen molar-refractivity contribution in [1.82, 2.24) is 9.71 Å². The molecule has 0 aliphatic carbocycles. The number of nitrogens with one attached hydrogen (secondary N) is 1. The summed E-state index contributed by atoms with van der Waals surface area (Å²) in [6.07, 6.45) is 1.65. The average molecular weight is 319 g/mol. The standard InChI is InChI=1S/C14H13N3O2S2/c15-11-4-5-13-10(6-11)2-1-3-14(13)21(18,19)17-8-12-7-16-9-20-12/h1-7,9,17H,8,15H2. The largest absolute Gasteiger partial charge is 0.399 e. The van der Waals surface area contributed by atoms with Crippen LogP contribution in [0.2, 0.25) is 0 Å². The first-order valence-electron chi connectivity index (χ1n) is 6.21. The molecule has 0 unspecified atom stereocenters. The van der Waals surface area contributed by atoms with E-state index < -0.39 is 10.0 Å². The van der Waals surface area contributed by atoms with Crippen molar-refractivity contribution in [3.05, 3.63) is 53.0 Å². The summed E-state index contributed by atoms with van der Waals surface area (Å²) in [7, 11) is -3.59. The van der Waals surface area contributed by atoms with E-state index in [1.54, 1.807) is 42.0 Å². The lowest BCUT2D eigenvalue weighted by Gasteiger charge is -2.09. The van der Waals surface area contributed by atoms with Gasteiger partial charge in [-0.1, -0.05) is 18.2 Å². The molecule has 0 amide bonds. The van der Waals surface area contributed by atoms with Crippen LogP contribution < -0.4 is 10.5 Å². The molecule has 1 heterocycles. The van der Waals surface area contributed by atoms with Crippen LogP contribution in [0.4, 0.5) is 5.69 Å². The van der Waals surface area contributed by atoms with Gasteiger partial charge in [0, 0.05) is 28.7 Å². The lowest BCUT2D eigenvalue weighted by Crippen LogP contribution is -2.23. The lowest BCUT2D eigenvalue weighted by molar-refractivity contribution is 0.582. The molecule has 3 N–H and O–H groups in total. The third-order valence-electron chi connectivity index (χ3n) is 3.07. The Balaban J connectivity index is 1.98. The molecule has 1 aromatic heterocycles. The molecule has 0 fully saturated rings. The van der Waals surface area contributed by atoms with Gasteiger partial charge >= 0.3 is 0 Å². The van der Waals surface area contributed by atoms with Crippen LogP contribution >= 0.6 is 11.3 Å². The highest BCUT2D eigenvalue weighted by atomic mass is 32.2. The number of hydrogen-bond donors (Lipinski definition) is 2. The van der Waals surface area contributed by atoms with Crippen LogP contribution in [0.15, 0.2) is 53.0 Å². The van der Waals surface area contributed by atoms with Gasteiger partial charge in [-0.25, -0.2) is 13.1 Å². The Hall–Kier alpha value is -1.96. The van der Waals surface area contributed by atoms with Crippen molar-refractivity contribution in [3.8, 4) is 0 Å². The molecule has 0 aliphatic heterocycles. The Morgan fingerprint density at radius 2 is 2.10 bits per heavy atom. The minimum atomic E-state index is -3.59. The summed E-state index contributed by atoms with van der Waals surface area (Å²) in [6.45, 7) is 0.234. The molecular formula is C14H13N3O2S2. The Morgan fingerprint density at radius 1 is 1.24 bits per heavy atom. The average Bonchev–Trinajstić information content (AvgIpc) is 2.97. The van der Waals surface area contributed by atoms with E-state index in [2.05, 4.69) is 9.71 Å². The molecule has 3 rings (SSSR count). The SMILES string of the molecule is Nc1ccc2c(S(=O)(=O)NCc3cncs3)cccc2c1. The van der Waals surface area contributed by atoms with E-state index in [-0.39, 0.29) is 11.4 Å². The van der Waals surface area contributed by atoms with Crippen molar-refractivity contribution in [3.63, 3.8) is 0 Å². The first-order chi connectivity index (χ1) is 10.1. The molecule has 0 saturated carbocycles. The maximum Gasteiger partial charge on any atom is 0.241 e. The van der Waals surface area contributed by atoms with Crippen LogP contribution in [0.3, 0.4) is 0 Å². The predicted molar refractivity (Wildman–Crippen MR) is 84.5 cm³/mol. The summed E-state index contributed by atoms with van der Waals surface area (Å²) < 4.78 is 27.5. The molecule has 0 saturated heterocycles. The number of nitrogens with zero attached hydrogens (tertiary/aromatic N) is 1. The Kier molecular flexibility index (Phi) is 3.62. The van der Waals surface area contributed by atoms with Crippen molar-refractivity contribution in [1.29, 1.82) is 0 Å². The molecule has 0 spiro atoms. The van der Waals surface area contributed by atoms with Crippen molar-refractivity contribution < 1.29 is 8.42 Å². The highest BCUT2D eigenvalue weighted by molar-refractivity contribution is 7.89. The van der Waals surface area contributed by atoms with Crippen LogP contribution in [0.1, 0.15) is 4.88 Å². The molecule has 3 aromatic rings. The third-order valence-corrected chi connectivity index (χ3v) is 5.31. The number of benzene rings is 2. The first kappa shape index (κ1) is 14.0. The minimum Gasteiger partial charge on any atom is -0.399 e. The van der Waals surface area contributed by atoms with E-state index in [4.69, 9.17) is 5.73 Å². The number of sulfonamides is 1. The predicted octanol–water partition coefficient (Wildman–Crippen LogP) is 2.36. The molecule has 0 radical (unpaired) electrons. The zero-order chi connectivity index (χ0) is 14.9. The number of thiazole rings is 1. The monoisotopic (exact) mass is 319 g/mol. The van der Waals surface area contributed by atoms with Crippen molar-refractivity contribution >= 4 is 37.8 Å². The highest BCUT2D eigenvalue weighted by Crippen LogP contribution is 2.25. The minimum absolute atomic E-state index is 0.234. The Bertz CT molecular complexity index is 874. The fraction of sp³-hybridized carbons (Fsp3) is 0.0714. The van der Waals surface area contributed by atoms with Gasteiger partial charge in [-0.05, 0) is 23.6 Å². The Morgan fingerprint density at radius 3 is 2.86 bits per heavy atom. The second kappa shape index (κ2) is 5.44. The van der Waals surface area contributed by atoms with Crippen molar-refractivity contribution in [2.45, 2.75) is 11.4 Å². The number of nitrogen functional groups attached to an aromatic ring is 1. The molecule has 21 heavy (non-hydrogen) atoms. The van der Waals surface area contributed by atoms with Gasteiger partial charge < -0.3 is 5.73 Å². The second-order valence-corrected chi connectivity index (χ2v) is 7.24. The van der Waals surface area contributed by atoms with Gasteiger partial charge in [0.25, 0.3) is 0 Å². The van der Waals surface area contributed by atoms with Crippen LogP contribution in [0.5, 0.6) is 0 Å². The number of fused-ring (bicyclic) bond motifs is 1. The lowest BCUT2D eigenvalue weighted by atomic mass is 10.1. The first-order valence-corrected chi connectivity index (χ1v) is 8.58. The summed E-state index contributed by atoms with van der Waals surface area (Å²) in [5.74, 6) is 0. The van der Waals surface area contributed by atoms with Gasteiger partial charge in [-0.15, -0.1) is 11.3 Å². The molecule has 108 valence electrons. The van der Waals surface area contributed by atoms with E-state index >= 15 is 0 Å². The fourth-order valence-electron chi connectivity index (χ4n) is 2.08. The van der Waals surface area contributed by atoms with E-state index in [9.17, 15) is 8.42 Å². The number of hydrogen-bond acceptors (Lipinski definition) is 5. The van der Waals surface area contributed by atoms with Crippen LogP contribution in [-0.2, 0) is 16.6 Å². The van der Waals surface area contributed by atoms with Crippen molar-refractivity contribution in [2.75, 3.05) is 5.73 Å². The normalized spacial score (nSPS) is 11.8. The number of anilines is 1. The van der Waals surface area contributed by atoms with Crippen LogP contribution in [-0.4, -0.2) is 13.4 Å². The summed E-state index contributed by atoms with van der Waals surface area (Å²) in [5, 5.41) is 1.46. The summed E-state index contributed by atoms with van der Waals surface area (Å²) in [5.41, 5.74) is 8.01. The van der Waals surface area contributed by atoms with E-state index in [0.717, 1.165) is 10.3 Å². The molecule has 5 nitrogen and oxygen atoms in total. The highest BCUT2D eigenvalue weighted by Gasteiger charge is 2.17. The maximum absolute atomic E-state index is 12.5. The maximum atomic E-state index is 12.5. The van der Waals surface area contributed by atoms with Gasteiger partial charge in [0.2, 0.25) is 10.0 Å². The molecule has 0 bridgehead atoms. The van der Waals surface area contributed by atoms with E-state index in [1.165, 1.54) is 11.3 Å². The number of nitrogens with two attached hydrogens (primary N) is 1. The number of aromatic nitrogens is 1. The fourth-order valence-corrected chi connectivity index (χ4v) is 3.94. The summed E-state index contributed by atoms with van der Waals surface area (Å²) >= 11 is 1.41. The quantitative estimate of drug-likeness (QED) is 0.723. The van der Waals surface area contributed by atoms with Crippen molar-refractivity contribution in [2.24, 2.45) is 0 Å². The number of rotatable bonds is 4. The van der Waals surface area contributed by atoms with Crippen LogP contribution in [0, 0.1) is 0 Å². The molecular weight excluding hydrogens is 306 g/mol. The van der Waals surface area contributed by atoms with Gasteiger partial charge in [0.1, 0.15) is 0 Å². The van der Waals surface area contributed by atoms with E-state index in [1.807, 2.05) is 6.07 Å².